The summed E-state index contributed by atoms with van der Waals surface area (Å²) >= 11 is 2.90. The molecule has 0 saturated heterocycles. The van der Waals surface area contributed by atoms with Crippen molar-refractivity contribution >= 4 is 40.0 Å². The summed E-state index contributed by atoms with van der Waals surface area (Å²) in [6, 6.07) is 19.5. The zero-order chi connectivity index (χ0) is 20.8. The number of esters is 1. The van der Waals surface area contributed by atoms with Gasteiger partial charge >= 0.3 is 5.97 Å². The fourth-order valence-corrected chi connectivity index (χ4v) is 5.31. The molecule has 0 fully saturated rings. The quantitative estimate of drug-likeness (QED) is 0.379. The maximum absolute atomic E-state index is 13.3. The van der Waals surface area contributed by atoms with Crippen molar-refractivity contribution in [3.63, 3.8) is 0 Å². The van der Waals surface area contributed by atoms with Crippen LogP contribution in [0.4, 0.5) is 5.00 Å². The number of benzene rings is 2. The number of aryl methyl sites for hydroxylation is 1. The standard InChI is InChI=1S/C23H23NO3S2/c1-4-18-15(2)28-22(19(18)23(26)27-3)24-21(25)20(16-11-7-5-8-12-16)29-17-13-9-6-10-14-17/h5-14,20H,4H2,1-3H3,(H,24,25)/t20-/m0/s1. The lowest BCUT2D eigenvalue weighted by Crippen LogP contribution is -2.20. The summed E-state index contributed by atoms with van der Waals surface area (Å²) in [6.07, 6.45) is 0.698. The fourth-order valence-electron chi connectivity index (χ4n) is 3.12. The summed E-state index contributed by atoms with van der Waals surface area (Å²) in [4.78, 5) is 27.7. The highest BCUT2D eigenvalue weighted by Gasteiger charge is 2.27. The van der Waals surface area contributed by atoms with Gasteiger partial charge in [-0.2, -0.15) is 0 Å². The van der Waals surface area contributed by atoms with Gasteiger partial charge in [0.1, 0.15) is 10.3 Å². The van der Waals surface area contributed by atoms with Gasteiger partial charge in [-0.1, -0.05) is 55.5 Å². The van der Waals surface area contributed by atoms with E-state index < -0.39 is 11.2 Å². The van der Waals surface area contributed by atoms with E-state index in [9.17, 15) is 9.59 Å². The van der Waals surface area contributed by atoms with Gasteiger partial charge in [0.15, 0.2) is 0 Å². The number of anilines is 1. The predicted octanol–water partition coefficient (Wildman–Crippen LogP) is 5.88. The van der Waals surface area contributed by atoms with Gasteiger partial charge < -0.3 is 10.1 Å². The Bertz CT molecular complexity index is 984. The Morgan fingerprint density at radius 1 is 1.07 bits per heavy atom. The third-order valence-electron chi connectivity index (χ3n) is 4.53. The Kier molecular flexibility index (Phi) is 7.12. The van der Waals surface area contributed by atoms with E-state index in [1.807, 2.05) is 74.5 Å². The molecule has 3 aromatic rings. The number of ether oxygens (including phenoxy) is 1. The minimum Gasteiger partial charge on any atom is -0.465 e. The van der Waals surface area contributed by atoms with Crippen molar-refractivity contribution in [2.24, 2.45) is 0 Å². The van der Waals surface area contributed by atoms with E-state index >= 15 is 0 Å². The summed E-state index contributed by atoms with van der Waals surface area (Å²) in [5.74, 6) is -0.590. The van der Waals surface area contributed by atoms with E-state index in [4.69, 9.17) is 4.74 Å². The highest BCUT2D eigenvalue weighted by molar-refractivity contribution is 8.00. The minimum absolute atomic E-state index is 0.167. The second kappa shape index (κ2) is 9.76. The topological polar surface area (TPSA) is 55.4 Å². The largest absolute Gasteiger partial charge is 0.465 e. The first kappa shape index (κ1) is 21.1. The summed E-state index contributed by atoms with van der Waals surface area (Å²) in [5, 5.41) is 3.10. The molecule has 4 nitrogen and oxygen atoms in total. The number of carbonyl (C=O) groups is 2. The maximum Gasteiger partial charge on any atom is 0.341 e. The molecule has 1 atom stereocenters. The van der Waals surface area contributed by atoms with Crippen LogP contribution in [0.5, 0.6) is 0 Å². The van der Waals surface area contributed by atoms with E-state index in [0.717, 1.165) is 20.9 Å². The predicted molar refractivity (Wildman–Crippen MR) is 120 cm³/mol. The smallest absolute Gasteiger partial charge is 0.341 e. The Hall–Kier alpha value is -2.57. The summed E-state index contributed by atoms with van der Waals surface area (Å²) in [6.45, 7) is 3.95. The van der Waals surface area contributed by atoms with Crippen molar-refractivity contribution in [3.8, 4) is 0 Å². The van der Waals surface area contributed by atoms with Gasteiger partial charge in [-0.25, -0.2) is 4.79 Å². The molecule has 29 heavy (non-hydrogen) atoms. The van der Waals surface area contributed by atoms with Gasteiger partial charge in [-0.05, 0) is 36.6 Å². The first-order valence-electron chi connectivity index (χ1n) is 9.33. The summed E-state index contributed by atoms with van der Waals surface area (Å²) in [5.41, 5.74) is 2.29. The molecule has 1 aromatic heterocycles. The van der Waals surface area contributed by atoms with Crippen molar-refractivity contribution in [2.75, 3.05) is 12.4 Å². The number of rotatable bonds is 7. The number of carbonyl (C=O) groups excluding carboxylic acids is 2. The summed E-state index contributed by atoms with van der Waals surface area (Å²) < 4.78 is 4.97. The lowest BCUT2D eigenvalue weighted by molar-refractivity contribution is -0.115. The molecule has 0 aliphatic heterocycles. The molecule has 1 heterocycles. The molecule has 0 spiro atoms. The highest BCUT2D eigenvalue weighted by Crippen LogP contribution is 2.39. The van der Waals surface area contributed by atoms with E-state index in [0.29, 0.717) is 17.0 Å². The van der Waals surface area contributed by atoms with Crippen LogP contribution in [0.1, 0.15) is 38.5 Å². The van der Waals surface area contributed by atoms with Crippen molar-refractivity contribution in [2.45, 2.75) is 30.4 Å². The number of thiophene rings is 1. The van der Waals surface area contributed by atoms with Crippen LogP contribution in [0.25, 0.3) is 0 Å². The van der Waals surface area contributed by atoms with Gasteiger partial charge in [0, 0.05) is 9.77 Å². The van der Waals surface area contributed by atoms with Gasteiger partial charge in [-0.15, -0.1) is 23.1 Å². The van der Waals surface area contributed by atoms with Gasteiger partial charge in [0.25, 0.3) is 0 Å². The molecule has 1 amide bonds. The molecule has 2 aromatic carbocycles. The Morgan fingerprint density at radius 3 is 2.28 bits per heavy atom. The SMILES string of the molecule is CCc1c(C)sc(NC(=O)[C@@H](Sc2ccccc2)c2ccccc2)c1C(=O)OC. The lowest BCUT2D eigenvalue weighted by atomic mass is 10.1. The number of methoxy groups -OCH3 is 1. The van der Waals surface area contributed by atoms with Gasteiger partial charge in [0.05, 0.1) is 12.7 Å². The molecular formula is C23H23NO3S2. The Balaban J connectivity index is 1.94. The van der Waals surface area contributed by atoms with Crippen LogP contribution in [-0.4, -0.2) is 19.0 Å². The second-order valence-corrected chi connectivity index (χ2v) is 8.80. The second-order valence-electron chi connectivity index (χ2n) is 6.40. The molecule has 150 valence electrons. The van der Waals surface area contributed by atoms with Crippen molar-refractivity contribution in [1.29, 1.82) is 0 Å². The van der Waals surface area contributed by atoms with Crippen molar-refractivity contribution in [3.05, 3.63) is 82.2 Å². The van der Waals surface area contributed by atoms with Gasteiger partial charge in [-0.3, -0.25) is 4.79 Å². The van der Waals surface area contributed by atoms with E-state index in [2.05, 4.69) is 5.32 Å². The summed E-state index contributed by atoms with van der Waals surface area (Å²) in [7, 11) is 1.36. The normalized spacial score (nSPS) is 11.7. The van der Waals surface area contributed by atoms with Crippen LogP contribution in [-0.2, 0) is 16.0 Å². The zero-order valence-electron chi connectivity index (χ0n) is 16.6. The number of hydrogen-bond acceptors (Lipinski definition) is 5. The molecule has 1 N–H and O–H groups in total. The molecule has 0 unspecified atom stereocenters. The molecule has 0 aliphatic carbocycles. The van der Waals surface area contributed by atoms with E-state index in [1.165, 1.54) is 30.2 Å². The zero-order valence-corrected chi connectivity index (χ0v) is 18.2. The van der Waals surface area contributed by atoms with Crippen molar-refractivity contribution < 1.29 is 14.3 Å². The minimum atomic E-state index is -0.448. The fraction of sp³-hybridized carbons (Fsp3) is 0.217. The van der Waals surface area contributed by atoms with Gasteiger partial charge in [0.2, 0.25) is 5.91 Å². The number of nitrogens with one attached hydrogen (secondary N) is 1. The molecule has 0 saturated carbocycles. The third-order valence-corrected chi connectivity index (χ3v) is 6.86. The Morgan fingerprint density at radius 2 is 1.69 bits per heavy atom. The lowest BCUT2D eigenvalue weighted by Gasteiger charge is -2.17. The molecule has 0 radical (unpaired) electrons. The molecule has 0 bridgehead atoms. The third kappa shape index (κ3) is 4.89. The van der Waals surface area contributed by atoms with Crippen LogP contribution in [0, 0.1) is 6.92 Å². The number of thioether (sulfide) groups is 1. The average Bonchev–Trinajstić information content (AvgIpc) is 3.07. The maximum atomic E-state index is 13.3. The number of amides is 1. The molecule has 6 heteroatoms. The van der Waals surface area contributed by atoms with Crippen LogP contribution in [0.2, 0.25) is 0 Å². The average molecular weight is 426 g/mol. The monoisotopic (exact) mass is 425 g/mol. The van der Waals surface area contributed by atoms with E-state index in [-0.39, 0.29) is 5.91 Å². The van der Waals surface area contributed by atoms with Crippen LogP contribution in [0.3, 0.4) is 0 Å². The Labute approximate surface area is 179 Å². The first-order valence-corrected chi connectivity index (χ1v) is 11.0. The van der Waals surface area contributed by atoms with E-state index in [1.54, 1.807) is 0 Å². The van der Waals surface area contributed by atoms with Crippen LogP contribution < -0.4 is 5.32 Å². The first-order chi connectivity index (χ1) is 14.0. The molecule has 3 rings (SSSR count). The molecule has 0 aliphatic rings. The van der Waals surface area contributed by atoms with Crippen LogP contribution in [0.15, 0.2) is 65.6 Å². The number of hydrogen-bond donors (Lipinski definition) is 1. The molecular weight excluding hydrogens is 402 g/mol. The van der Waals surface area contributed by atoms with Crippen molar-refractivity contribution in [1.82, 2.24) is 0 Å². The highest BCUT2D eigenvalue weighted by atomic mass is 32.2. The van der Waals surface area contributed by atoms with Crippen LogP contribution >= 0.6 is 23.1 Å².